The maximum Gasteiger partial charge on any atom is 0.317 e. The number of carbonyl (C=O) groups is 1. The van der Waals surface area contributed by atoms with E-state index in [4.69, 9.17) is 9.84 Å². The molecule has 1 atom stereocenters. The number of urea groups is 1. The number of piperidine rings is 1. The number of amides is 2. The zero-order valence-corrected chi connectivity index (χ0v) is 13.8. The van der Waals surface area contributed by atoms with Gasteiger partial charge in [-0.05, 0) is 29.2 Å². The maximum absolute atomic E-state index is 12.4. The highest BCUT2D eigenvalue weighted by Gasteiger charge is 2.23. The van der Waals surface area contributed by atoms with Crippen LogP contribution in [-0.4, -0.2) is 48.4 Å². The van der Waals surface area contributed by atoms with Crippen molar-refractivity contribution in [3.63, 3.8) is 0 Å². The van der Waals surface area contributed by atoms with Gasteiger partial charge < -0.3 is 20.1 Å². The molecule has 1 unspecified atom stereocenters. The molecular weight excluding hydrogens is 304 g/mol. The van der Waals surface area contributed by atoms with E-state index >= 15 is 0 Å². The Balaban J connectivity index is 1.58. The number of nitrogens with zero attached hydrogens (tertiary/aromatic N) is 1. The second-order valence-electron chi connectivity index (χ2n) is 6.10. The largest absolute Gasteiger partial charge is 0.394 e. The monoisotopic (exact) mass is 328 g/mol. The second kappa shape index (κ2) is 8.13. The van der Waals surface area contributed by atoms with Gasteiger partial charge in [-0.25, -0.2) is 4.79 Å². The van der Waals surface area contributed by atoms with Crippen molar-refractivity contribution in [1.82, 2.24) is 10.2 Å². The zero-order valence-electron chi connectivity index (χ0n) is 13.8. The van der Waals surface area contributed by atoms with Crippen LogP contribution < -0.4 is 5.32 Å². The minimum Gasteiger partial charge on any atom is -0.394 e. The van der Waals surface area contributed by atoms with E-state index in [2.05, 4.69) is 23.5 Å². The number of ether oxygens (including phenoxy) is 1. The van der Waals surface area contributed by atoms with Gasteiger partial charge in [0.15, 0.2) is 0 Å². The molecule has 128 valence electrons. The van der Waals surface area contributed by atoms with Crippen LogP contribution in [0.3, 0.4) is 0 Å². The Bertz CT molecular complexity index is 684. The van der Waals surface area contributed by atoms with E-state index in [-0.39, 0.29) is 18.7 Å². The molecule has 3 rings (SSSR count). The second-order valence-corrected chi connectivity index (χ2v) is 6.10. The molecule has 5 heteroatoms. The molecule has 24 heavy (non-hydrogen) atoms. The number of hydrogen-bond donors (Lipinski definition) is 2. The molecule has 1 fully saturated rings. The van der Waals surface area contributed by atoms with Crippen LogP contribution in [0.4, 0.5) is 4.79 Å². The molecule has 1 saturated heterocycles. The average molecular weight is 328 g/mol. The van der Waals surface area contributed by atoms with E-state index in [1.165, 1.54) is 10.8 Å². The fourth-order valence-electron chi connectivity index (χ4n) is 3.21. The van der Waals surface area contributed by atoms with E-state index < -0.39 is 0 Å². The number of hydrogen-bond acceptors (Lipinski definition) is 3. The zero-order chi connectivity index (χ0) is 16.8. The first-order valence-corrected chi connectivity index (χ1v) is 8.50. The molecule has 2 N–H and O–H groups in total. The molecule has 1 heterocycles. The lowest BCUT2D eigenvalue weighted by Gasteiger charge is -2.32. The molecule has 5 nitrogen and oxygen atoms in total. The van der Waals surface area contributed by atoms with Crippen molar-refractivity contribution in [2.45, 2.75) is 25.5 Å². The highest BCUT2D eigenvalue weighted by atomic mass is 16.5. The van der Waals surface area contributed by atoms with Crippen molar-refractivity contribution >= 4 is 16.8 Å². The number of benzene rings is 2. The van der Waals surface area contributed by atoms with Crippen LogP contribution in [0.1, 0.15) is 18.4 Å². The Morgan fingerprint density at radius 2 is 2.08 bits per heavy atom. The SMILES string of the molecule is O=C(NCc1cccc2ccccc12)N1CCCC(OCCO)C1. The summed E-state index contributed by atoms with van der Waals surface area (Å²) in [6.07, 6.45) is 1.89. The van der Waals surface area contributed by atoms with Crippen molar-refractivity contribution in [1.29, 1.82) is 0 Å². The van der Waals surface area contributed by atoms with Crippen molar-refractivity contribution in [3.8, 4) is 0 Å². The molecule has 1 aliphatic heterocycles. The molecule has 1 aliphatic rings. The van der Waals surface area contributed by atoms with Gasteiger partial charge in [-0.2, -0.15) is 0 Å². The van der Waals surface area contributed by atoms with Gasteiger partial charge in [0.2, 0.25) is 0 Å². The molecule has 2 aromatic carbocycles. The van der Waals surface area contributed by atoms with E-state index in [9.17, 15) is 4.79 Å². The summed E-state index contributed by atoms with van der Waals surface area (Å²) in [5.41, 5.74) is 1.12. The third-order valence-electron chi connectivity index (χ3n) is 4.42. The minimum absolute atomic E-state index is 0.0176. The fraction of sp³-hybridized carbons (Fsp3) is 0.421. The number of carbonyl (C=O) groups excluding carboxylic acids is 1. The first-order valence-electron chi connectivity index (χ1n) is 8.50. The lowest BCUT2D eigenvalue weighted by atomic mass is 10.0. The van der Waals surface area contributed by atoms with E-state index in [1.807, 2.05) is 24.3 Å². The average Bonchev–Trinajstić information content (AvgIpc) is 2.64. The highest BCUT2D eigenvalue weighted by Crippen LogP contribution is 2.18. The standard InChI is InChI=1S/C19H24N2O3/c22-11-12-24-17-8-4-10-21(14-17)19(23)20-13-16-7-3-6-15-5-1-2-9-18(15)16/h1-3,5-7,9,17,22H,4,8,10-14H2,(H,20,23). The van der Waals surface area contributed by atoms with Gasteiger partial charge in [0, 0.05) is 19.6 Å². The molecule has 2 aromatic rings. The summed E-state index contributed by atoms with van der Waals surface area (Å²) in [6, 6.07) is 14.3. The van der Waals surface area contributed by atoms with Crippen molar-refractivity contribution in [2.24, 2.45) is 0 Å². The number of nitrogens with one attached hydrogen (secondary N) is 1. The highest BCUT2D eigenvalue weighted by molar-refractivity contribution is 5.86. The van der Waals surface area contributed by atoms with Gasteiger partial charge >= 0.3 is 6.03 Å². The van der Waals surface area contributed by atoms with Gasteiger partial charge in [0.05, 0.1) is 19.3 Å². The molecular formula is C19H24N2O3. The molecule has 0 saturated carbocycles. The van der Waals surface area contributed by atoms with Crippen LogP contribution in [0.25, 0.3) is 10.8 Å². The first kappa shape index (κ1) is 16.7. The summed E-state index contributed by atoms with van der Waals surface area (Å²) in [5.74, 6) is 0. The van der Waals surface area contributed by atoms with Gasteiger partial charge in [0.25, 0.3) is 0 Å². The predicted molar refractivity (Wildman–Crippen MR) is 93.8 cm³/mol. The van der Waals surface area contributed by atoms with Gasteiger partial charge in [-0.15, -0.1) is 0 Å². The third-order valence-corrected chi connectivity index (χ3v) is 4.42. The van der Waals surface area contributed by atoms with Crippen LogP contribution in [0.5, 0.6) is 0 Å². The summed E-state index contributed by atoms with van der Waals surface area (Å²) in [6.45, 7) is 2.19. The molecule has 0 aliphatic carbocycles. The lowest BCUT2D eigenvalue weighted by Crippen LogP contribution is -2.47. The van der Waals surface area contributed by atoms with E-state index in [0.29, 0.717) is 19.7 Å². The summed E-state index contributed by atoms with van der Waals surface area (Å²) in [4.78, 5) is 14.2. The maximum atomic E-state index is 12.4. The number of fused-ring (bicyclic) bond motifs is 1. The van der Waals surface area contributed by atoms with Crippen LogP contribution >= 0.6 is 0 Å². The first-order chi connectivity index (χ1) is 11.8. The third kappa shape index (κ3) is 4.04. The van der Waals surface area contributed by atoms with Crippen LogP contribution in [0.2, 0.25) is 0 Å². The van der Waals surface area contributed by atoms with Crippen molar-refractivity contribution < 1.29 is 14.6 Å². The topological polar surface area (TPSA) is 61.8 Å². The number of aliphatic hydroxyl groups excluding tert-OH is 1. The number of rotatable bonds is 5. The van der Waals surface area contributed by atoms with Crippen LogP contribution in [0.15, 0.2) is 42.5 Å². The normalized spacial score (nSPS) is 17.9. The molecule has 0 aromatic heterocycles. The van der Waals surface area contributed by atoms with E-state index in [0.717, 1.165) is 24.9 Å². The lowest BCUT2D eigenvalue weighted by molar-refractivity contribution is -0.00580. The molecule has 2 amide bonds. The summed E-state index contributed by atoms with van der Waals surface area (Å²) in [7, 11) is 0. The summed E-state index contributed by atoms with van der Waals surface area (Å²) < 4.78 is 5.56. The Kier molecular flexibility index (Phi) is 5.67. The number of likely N-dealkylation sites (tertiary alicyclic amines) is 1. The van der Waals surface area contributed by atoms with Crippen LogP contribution in [0, 0.1) is 0 Å². The minimum atomic E-state index is -0.0553. The Hall–Kier alpha value is -2.11. The van der Waals surface area contributed by atoms with Crippen LogP contribution in [-0.2, 0) is 11.3 Å². The summed E-state index contributed by atoms with van der Waals surface area (Å²) >= 11 is 0. The Morgan fingerprint density at radius 1 is 1.25 bits per heavy atom. The molecule has 0 radical (unpaired) electrons. The van der Waals surface area contributed by atoms with Gasteiger partial charge in [-0.3, -0.25) is 0 Å². The molecule has 0 bridgehead atoms. The smallest absolute Gasteiger partial charge is 0.317 e. The molecule has 0 spiro atoms. The Labute approximate surface area is 142 Å². The quantitative estimate of drug-likeness (QED) is 0.886. The van der Waals surface area contributed by atoms with Crippen molar-refractivity contribution in [3.05, 3.63) is 48.0 Å². The summed E-state index contributed by atoms with van der Waals surface area (Å²) in [5, 5.41) is 14.2. The predicted octanol–water partition coefficient (Wildman–Crippen LogP) is 2.52. The Morgan fingerprint density at radius 3 is 2.96 bits per heavy atom. The number of aliphatic hydroxyl groups is 1. The van der Waals surface area contributed by atoms with Gasteiger partial charge in [-0.1, -0.05) is 42.5 Å². The van der Waals surface area contributed by atoms with Gasteiger partial charge in [0.1, 0.15) is 0 Å². The van der Waals surface area contributed by atoms with Crippen molar-refractivity contribution in [2.75, 3.05) is 26.3 Å². The fourth-order valence-corrected chi connectivity index (χ4v) is 3.21. The van der Waals surface area contributed by atoms with E-state index in [1.54, 1.807) is 4.90 Å².